The lowest BCUT2D eigenvalue weighted by atomic mass is 9.99. The van der Waals surface area contributed by atoms with Gasteiger partial charge in [0, 0.05) is 0 Å². The third kappa shape index (κ3) is 2.86. The van der Waals surface area contributed by atoms with Gasteiger partial charge in [-0.15, -0.1) is 0 Å². The van der Waals surface area contributed by atoms with Crippen LogP contribution in [0.3, 0.4) is 0 Å². The van der Waals surface area contributed by atoms with Gasteiger partial charge >= 0.3 is 0 Å². The first-order chi connectivity index (χ1) is 5.30. The zero-order valence-corrected chi connectivity index (χ0v) is 9.23. The van der Waals surface area contributed by atoms with E-state index in [0.717, 1.165) is 0 Å². The van der Waals surface area contributed by atoms with E-state index >= 15 is 0 Å². The number of rotatable bonds is 2. The summed E-state index contributed by atoms with van der Waals surface area (Å²) < 4.78 is 0. The molecule has 0 N–H and O–H groups in total. The number of hydrogen-bond donors (Lipinski definition) is 0. The van der Waals surface area contributed by atoms with Crippen molar-refractivity contribution in [1.29, 1.82) is 5.26 Å². The minimum absolute atomic E-state index is 0.125. The molecule has 0 fully saturated rings. The van der Waals surface area contributed by atoms with Crippen molar-refractivity contribution in [1.82, 2.24) is 0 Å². The van der Waals surface area contributed by atoms with Crippen LogP contribution in [0.5, 0.6) is 0 Å². The Bertz CT molecular complexity index is 210. The van der Waals surface area contributed by atoms with E-state index in [0.29, 0.717) is 0 Å². The molecular formula is C9H17NOS. The molecule has 0 aliphatic rings. The molecule has 2 nitrogen and oxygen atoms in total. The number of nitrogens with zero attached hydrogens (tertiary/aromatic N) is 1. The molecule has 0 aromatic rings. The standard InChI is InChI=1S/C9H17NOS/c1-7(2)8(6-10)9(11)12(3,4)5/h7-8H,1-5H3. The zero-order chi connectivity index (χ0) is 9.94. The second kappa shape index (κ2) is 3.95. The number of carbonyl (C=O) groups excluding carboxylic acids is 1. The van der Waals surface area contributed by atoms with Crippen molar-refractivity contribution in [2.75, 3.05) is 18.8 Å². The van der Waals surface area contributed by atoms with Gasteiger partial charge in [-0.2, -0.15) is 15.3 Å². The fraction of sp³-hybridized carbons (Fsp3) is 0.778. The van der Waals surface area contributed by atoms with E-state index in [1.807, 2.05) is 32.6 Å². The van der Waals surface area contributed by atoms with Crippen molar-refractivity contribution in [2.24, 2.45) is 11.8 Å². The first kappa shape index (κ1) is 11.5. The van der Waals surface area contributed by atoms with Crippen LogP contribution in [0.25, 0.3) is 0 Å². The molecule has 0 aromatic carbocycles. The highest BCUT2D eigenvalue weighted by atomic mass is 32.3. The normalized spacial score (nSPS) is 15.4. The monoisotopic (exact) mass is 187 g/mol. The summed E-state index contributed by atoms with van der Waals surface area (Å²) in [4.78, 5) is 11.7. The Kier molecular flexibility index (Phi) is 3.79. The molecule has 0 bridgehead atoms. The van der Waals surface area contributed by atoms with E-state index in [2.05, 4.69) is 6.07 Å². The van der Waals surface area contributed by atoms with Gasteiger partial charge in [0.2, 0.25) is 0 Å². The Morgan fingerprint density at radius 1 is 1.33 bits per heavy atom. The second-order valence-electron chi connectivity index (χ2n) is 4.01. The van der Waals surface area contributed by atoms with Crippen molar-refractivity contribution >= 4 is 15.1 Å². The summed E-state index contributed by atoms with van der Waals surface area (Å²) in [5.74, 6) is -0.283. The summed E-state index contributed by atoms with van der Waals surface area (Å²) in [6.45, 7) is 3.83. The fourth-order valence-corrected chi connectivity index (χ4v) is 1.94. The molecule has 12 heavy (non-hydrogen) atoms. The SMILES string of the molecule is CC(C)C(C#N)C(=O)S(C)(C)C. The molecule has 70 valence electrons. The summed E-state index contributed by atoms with van der Waals surface area (Å²) in [6, 6.07) is 2.08. The summed E-state index contributed by atoms with van der Waals surface area (Å²) in [7, 11) is -1.22. The van der Waals surface area contributed by atoms with Gasteiger partial charge in [0.25, 0.3) is 0 Å². The molecule has 0 amide bonds. The van der Waals surface area contributed by atoms with E-state index < -0.39 is 15.9 Å². The zero-order valence-electron chi connectivity index (χ0n) is 8.42. The van der Waals surface area contributed by atoms with Crippen molar-refractivity contribution in [3.8, 4) is 6.07 Å². The van der Waals surface area contributed by atoms with Crippen LogP contribution in [-0.4, -0.2) is 23.9 Å². The maximum absolute atomic E-state index is 11.7. The van der Waals surface area contributed by atoms with Gasteiger partial charge in [0.15, 0.2) is 5.12 Å². The summed E-state index contributed by atoms with van der Waals surface area (Å²) in [5, 5.41) is 8.90. The molecule has 1 atom stereocenters. The van der Waals surface area contributed by atoms with Crippen LogP contribution in [0.4, 0.5) is 0 Å². The highest BCUT2D eigenvalue weighted by molar-refractivity contribution is 8.43. The van der Waals surface area contributed by atoms with Crippen LogP contribution >= 0.6 is 10.0 Å². The largest absolute Gasteiger partial charge is 0.287 e. The predicted octanol–water partition coefficient (Wildman–Crippen LogP) is 2.00. The topological polar surface area (TPSA) is 40.9 Å². The van der Waals surface area contributed by atoms with Crippen LogP contribution < -0.4 is 0 Å². The Hall–Kier alpha value is -0.490. The van der Waals surface area contributed by atoms with Gasteiger partial charge in [-0.25, -0.2) is 0 Å². The van der Waals surface area contributed by atoms with Gasteiger partial charge in [-0.1, -0.05) is 13.8 Å². The molecule has 1 unspecified atom stereocenters. The predicted molar refractivity (Wildman–Crippen MR) is 54.3 cm³/mol. The maximum Gasteiger partial charge on any atom is 0.188 e. The van der Waals surface area contributed by atoms with E-state index in [9.17, 15) is 4.79 Å². The molecule has 0 rings (SSSR count). The van der Waals surface area contributed by atoms with Crippen LogP contribution in [-0.2, 0) is 4.79 Å². The minimum Gasteiger partial charge on any atom is -0.287 e. The minimum atomic E-state index is -1.22. The summed E-state index contributed by atoms with van der Waals surface area (Å²) in [6.07, 6.45) is 5.80. The van der Waals surface area contributed by atoms with E-state index in [-0.39, 0.29) is 11.0 Å². The first-order valence-electron chi connectivity index (χ1n) is 3.92. The molecule has 0 saturated carbocycles. The van der Waals surface area contributed by atoms with Gasteiger partial charge < -0.3 is 0 Å². The van der Waals surface area contributed by atoms with E-state index in [1.165, 1.54) is 0 Å². The molecule has 0 spiro atoms. The van der Waals surface area contributed by atoms with Gasteiger partial charge in [-0.05, 0) is 24.7 Å². The third-order valence-electron chi connectivity index (χ3n) is 1.66. The average molecular weight is 187 g/mol. The lowest BCUT2D eigenvalue weighted by Crippen LogP contribution is -2.22. The summed E-state index contributed by atoms with van der Waals surface area (Å²) >= 11 is 0. The van der Waals surface area contributed by atoms with Gasteiger partial charge in [-0.3, -0.25) is 4.79 Å². The van der Waals surface area contributed by atoms with Crippen molar-refractivity contribution < 1.29 is 4.79 Å². The Balaban J connectivity index is 4.58. The highest BCUT2D eigenvalue weighted by Crippen LogP contribution is 2.40. The Morgan fingerprint density at radius 2 is 1.75 bits per heavy atom. The average Bonchev–Trinajstić information content (AvgIpc) is 1.86. The van der Waals surface area contributed by atoms with Crippen molar-refractivity contribution in [3.05, 3.63) is 0 Å². The highest BCUT2D eigenvalue weighted by Gasteiger charge is 2.28. The van der Waals surface area contributed by atoms with Crippen molar-refractivity contribution in [3.63, 3.8) is 0 Å². The lowest BCUT2D eigenvalue weighted by Gasteiger charge is -2.27. The van der Waals surface area contributed by atoms with Crippen LogP contribution in [0.2, 0.25) is 0 Å². The third-order valence-corrected chi connectivity index (χ3v) is 3.12. The molecule has 0 heterocycles. The van der Waals surface area contributed by atoms with Gasteiger partial charge in [0.05, 0.1) is 6.07 Å². The molecule has 0 radical (unpaired) electrons. The smallest absolute Gasteiger partial charge is 0.188 e. The van der Waals surface area contributed by atoms with Crippen LogP contribution in [0, 0.1) is 23.2 Å². The molecule has 0 aliphatic carbocycles. The number of hydrogen-bond acceptors (Lipinski definition) is 2. The van der Waals surface area contributed by atoms with E-state index in [4.69, 9.17) is 5.26 Å². The van der Waals surface area contributed by atoms with E-state index in [1.54, 1.807) is 0 Å². The van der Waals surface area contributed by atoms with Crippen LogP contribution in [0.15, 0.2) is 0 Å². The van der Waals surface area contributed by atoms with Crippen LogP contribution in [0.1, 0.15) is 13.8 Å². The Morgan fingerprint density at radius 3 is 1.83 bits per heavy atom. The lowest BCUT2D eigenvalue weighted by molar-refractivity contribution is -0.114. The van der Waals surface area contributed by atoms with Gasteiger partial charge in [0.1, 0.15) is 5.92 Å². The fourth-order valence-electron chi connectivity index (χ4n) is 0.855. The second-order valence-corrected chi connectivity index (χ2v) is 8.08. The quantitative estimate of drug-likeness (QED) is 0.663. The number of carbonyl (C=O) groups is 1. The van der Waals surface area contributed by atoms with Crippen molar-refractivity contribution in [2.45, 2.75) is 13.8 Å². The Labute approximate surface area is 76.3 Å². The molecule has 0 aromatic heterocycles. The summed E-state index contributed by atoms with van der Waals surface area (Å²) in [5.41, 5.74) is 0. The molecule has 0 aliphatic heterocycles. The maximum atomic E-state index is 11.7. The molecule has 3 heteroatoms. The number of nitriles is 1. The molecular weight excluding hydrogens is 170 g/mol. The first-order valence-corrected chi connectivity index (χ1v) is 6.78. The molecule has 0 saturated heterocycles.